The zero-order valence-corrected chi connectivity index (χ0v) is 10.5. The fraction of sp³-hybridized carbons (Fsp3) is 0.462. The second-order valence-corrected chi connectivity index (χ2v) is 4.75. The van der Waals surface area contributed by atoms with Crippen LogP contribution in [0.2, 0.25) is 0 Å². The summed E-state index contributed by atoms with van der Waals surface area (Å²) in [4.78, 5) is 21.8. The predicted octanol–water partition coefficient (Wildman–Crippen LogP) is 2.52. The van der Waals surface area contributed by atoms with Gasteiger partial charge in [0.25, 0.3) is 5.69 Å². The van der Waals surface area contributed by atoms with Gasteiger partial charge < -0.3 is 10.5 Å². The third kappa shape index (κ3) is 3.21. The number of hydrogen-bond acceptors (Lipinski definition) is 5. The van der Waals surface area contributed by atoms with Gasteiger partial charge in [0.2, 0.25) is 0 Å². The normalized spacial score (nSPS) is 14.7. The molecule has 1 aliphatic rings. The molecule has 0 aliphatic heterocycles. The van der Waals surface area contributed by atoms with E-state index in [-0.39, 0.29) is 16.9 Å². The number of nitrogens with zero attached hydrogens (tertiary/aromatic N) is 1. The monoisotopic (exact) mass is 264 g/mol. The summed E-state index contributed by atoms with van der Waals surface area (Å²) in [5, 5.41) is 10.7. The number of hydrogen-bond donors (Lipinski definition) is 1. The Labute approximate surface area is 110 Å². The number of carbonyl (C=O) groups excluding carboxylic acids is 1. The fourth-order valence-electron chi connectivity index (χ4n) is 2.01. The van der Waals surface area contributed by atoms with E-state index in [2.05, 4.69) is 0 Å². The maximum atomic E-state index is 11.7. The molecule has 1 aliphatic carbocycles. The van der Waals surface area contributed by atoms with Crippen molar-refractivity contribution >= 4 is 17.3 Å². The van der Waals surface area contributed by atoms with Crippen molar-refractivity contribution in [2.24, 2.45) is 5.92 Å². The third-order valence-electron chi connectivity index (χ3n) is 3.45. The molecule has 0 aromatic heterocycles. The van der Waals surface area contributed by atoms with Crippen molar-refractivity contribution in [3.8, 4) is 0 Å². The van der Waals surface area contributed by atoms with Crippen molar-refractivity contribution in [1.82, 2.24) is 0 Å². The van der Waals surface area contributed by atoms with E-state index in [1.54, 1.807) is 0 Å². The standard InChI is InChI=1S/C13H16N2O4/c14-11-5-4-10(8-12(11)15(17)18)13(16)19-7-6-9-2-1-3-9/h4-5,8-9H,1-3,6-7,14H2. The van der Waals surface area contributed by atoms with Gasteiger partial charge in [-0.1, -0.05) is 19.3 Å². The molecule has 0 unspecified atom stereocenters. The lowest BCUT2D eigenvalue weighted by molar-refractivity contribution is -0.383. The summed E-state index contributed by atoms with van der Waals surface area (Å²) in [5.74, 6) is 0.121. The smallest absolute Gasteiger partial charge is 0.338 e. The number of carbonyl (C=O) groups is 1. The highest BCUT2D eigenvalue weighted by Crippen LogP contribution is 2.29. The van der Waals surface area contributed by atoms with Crippen LogP contribution in [0, 0.1) is 16.0 Å². The van der Waals surface area contributed by atoms with Gasteiger partial charge in [-0.25, -0.2) is 4.79 Å². The van der Waals surface area contributed by atoms with Crippen LogP contribution in [0.15, 0.2) is 18.2 Å². The number of anilines is 1. The molecule has 1 saturated carbocycles. The number of nitrogens with two attached hydrogens (primary N) is 1. The van der Waals surface area contributed by atoms with Crippen molar-refractivity contribution in [2.45, 2.75) is 25.7 Å². The number of esters is 1. The lowest BCUT2D eigenvalue weighted by Gasteiger charge is -2.24. The molecule has 0 saturated heterocycles. The molecule has 2 N–H and O–H groups in total. The highest BCUT2D eigenvalue weighted by Gasteiger charge is 2.19. The van der Waals surface area contributed by atoms with E-state index >= 15 is 0 Å². The van der Waals surface area contributed by atoms with Gasteiger partial charge in [0.05, 0.1) is 17.1 Å². The summed E-state index contributed by atoms with van der Waals surface area (Å²) in [5.41, 5.74) is 5.39. The molecule has 0 bridgehead atoms. The van der Waals surface area contributed by atoms with Gasteiger partial charge in [0.1, 0.15) is 5.69 Å². The Balaban J connectivity index is 1.94. The van der Waals surface area contributed by atoms with Crippen LogP contribution in [0.3, 0.4) is 0 Å². The van der Waals surface area contributed by atoms with Crippen LogP contribution in [0.5, 0.6) is 0 Å². The maximum Gasteiger partial charge on any atom is 0.338 e. The van der Waals surface area contributed by atoms with E-state index in [9.17, 15) is 14.9 Å². The number of rotatable bonds is 5. The first-order valence-corrected chi connectivity index (χ1v) is 6.29. The Kier molecular flexibility index (Phi) is 3.99. The van der Waals surface area contributed by atoms with Gasteiger partial charge in [0.15, 0.2) is 0 Å². The zero-order chi connectivity index (χ0) is 13.8. The Bertz CT molecular complexity index is 497. The summed E-state index contributed by atoms with van der Waals surface area (Å²) < 4.78 is 5.11. The summed E-state index contributed by atoms with van der Waals surface area (Å²) in [6.45, 7) is 0.363. The van der Waals surface area contributed by atoms with Gasteiger partial charge in [0, 0.05) is 6.07 Å². The van der Waals surface area contributed by atoms with Crippen LogP contribution in [0.4, 0.5) is 11.4 Å². The van der Waals surface area contributed by atoms with E-state index in [0.717, 1.165) is 12.5 Å². The molecule has 2 rings (SSSR count). The largest absolute Gasteiger partial charge is 0.462 e. The van der Waals surface area contributed by atoms with E-state index in [1.165, 1.54) is 31.4 Å². The molecule has 0 heterocycles. The minimum atomic E-state index is -0.611. The molecule has 19 heavy (non-hydrogen) atoms. The summed E-state index contributed by atoms with van der Waals surface area (Å²) in [7, 11) is 0. The van der Waals surface area contributed by atoms with Crippen LogP contribution in [-0.2, 0) is 4.74 Å². The molecule has 102 valence electrons. The molecule has 0 atom stereocenters. The molecule has 1 fully saturated rings. The quantitative estimate of drug-likeness (QED) is 0.381. The minimum absolute atomic E-state index is 0.0380. The highest BCUT2D eigenvalue weighted by atomic mass is 16.6. The maximum absolute atomic E-state index is 11.7. The molecule has 1 aromatic rings. The Morgan fingerprint density at radius 3 is 2.79 bits per heavy atom. The van der Waals surface area contributed by atoms with Crippen molar-refractivity contribution < 1.29 is 14.5 Å². The first-order chi connectivity index (χ1) is 9.08. The van der Waals surface area contributed by atoms with Crippen LogP contribution >= 0.6 is 0 Å². The van der Waals surface area contributed by atoms with Crippen molar-refractivity contribution in [3.63, 3.8) is 0 Å². The Morgan fingerprint density at radius 2 is 2.21 bits per heavy atom. The molecule has 6 heteroatoms. The average molecular weight is 264 g/mol. The van der Waals surface area contributed by atoms with Gasteiger partial charge >= 0.3 is 5.97 Å². The highest BCUT2D eigenvalue weighted by molar-refractivity contribution is 5.91. The third-order valence-corrected chi connectivity index (χ3v) is 3.45. The average Bonchev–Trinajstić information content (AvgIpc) is 2.32. The molecule has 0 radical (unpaired) electrons. The first-order valence-electron chi connectivity index (χ1n) is 6.29. The number of nitro benzene ring substituents is 1. The lowest BCUT2D eigenvalue weighted by Crippen LogP contribution is -2.15. The molecular formula is C13H16N2O4. The first kappa shape index (κ1) is 13.3. The van der Waals surface area contributed by atoms with Gasteiger partial charge in [-0.05, 0) is 24.5 Å². The second kappa shape index (κ2) is 5.69. The zero-order valence-electron chi connectivity index (χ0n) is 10.5. The SMILES string of the molecule is Nc1ccc(C(=O)OCCC2CCC2)cc1[N+](=O)[O-]. The number of nitrogen functional groups attached to an aromatic ring is 1. The van der Waals surface area contributed by atoms with E-state index < -0.39 is 10.9 Å². The fourth-order valence-corrected chi connectivity index (χ4v) is 2.01. The van der Waals surface area contributed by atoms with E-state index in [4.69, 9.17) is 10.5 Å². The van der Waals surface area contributed by atoms with Crippen molar-refractivity contribution in [1.29, 1.82) is 0 Å². The Morgan fingerprint density at radius 1 is 1.47 bits per heavy atom. The van der Waals surface area contributed by atoms with Crippen molar-refractivity contribution in [3.05, 3.63) is 33.9 Å². The topological polar surface area (TPSA) is 95.5 Å². The van der Waals surface area contributed by atoms with Gasteiger partial charge in [-0.3, -0.25) is 10.1 Å². The lowest BCUT2D eigenvalue weighted by atomic mass is 9.83. The molecule has 0 amide bonds. The summed E-state index contributed by atoms with van der Waals surface area (Å²) in [6.07, 6.45) is 4.52. The van der Waals surface area contributed by atoms with Gasteiger partial charge in [-0.2, -0.15) is 0 Å². The summed E-state index contributed by atoms with van der Waals surface area (Å²) >= 11 is 0. The van der Waals surface area contributed by atoms with E-state index in [0.29, 0.717) is 12.5 Å². The number of nitro groups is 1. The molecule has 6 nitrogen and oxygen atoms in total. The Hall–Kier alpha value is -2.11. The molecule has 1 aromatic carbocycles. The molecule has 0 spiro atoms. The van der Waals surface area contributed by atoms with Crippen molar-refractivity contribution in [2.75, 3.05) is 12.3 Å². The van der Waals surface area contributed by atoms with Gasteiger partial charge in [-0.15, -0.1) is 0 Å². The summed E-state index contributed by atoms with van der Waals surface area (Å²) in [6, 6.07) is 3.94. The number of ether oxygens (including phenoxy) is 1. The van der Waals surface area contributed by atoms with Crippen LogP contribution in [-0.4, -0.2) is 17.5 Å². The second-order valence-electron chi connectivity index (χ2n) is 4.75. The molecular weight excluding hydrogens is 248 g/mol. The van der Waals surface area contributed by atoms with Crippen LogP contribution in [0.25, 0.3) is 0 Å². The van der Waals surface area contributed by atoms with E-state index in [1.807, 2.05) is 0 Å². The van der Waals surface area contributed by atoms with Crippen LogP contribution < -0.4 is 5.73 Å². The van der Waals surface area contributed by atoms with Crippen LogP contribution in [0.1, 0.15) is 36.0 Å². The minimum Gasteiger partial charge on any atom is -0.462 e. The number of benzene rings is 1. The predicted molar refractivity (Wildman–Crippen MR) is 69.7 cm³/mol.